The van der Waals surface area contributed by atoms with Crippen molar-refractivity contribution in [1.82, 2.24) is 0 Å². The molecule has 2 saturated carbocycles. The zero-order valence-electron chi connectivity index (χ0n) is 11.2. The predicted octanol–water partition coefficient (Wildman–Crippen LogP) is 3.26. The summed E-state index contributed by atoms with van der Waals surface area (Å²) >= 11 is 0. The van der Waals surface area contributed by atoms with Crippen molar-refractivity contribution in [2.24, 2.45) is 17.8 Å². The molecule has 0 aromatic heterocycles. The fourth-order valence-electron chi connectivity index (χ4n) is 3.79. The van der Waals surface area contributed by atoms with Crippen LogP contribution in [0.3, 0.4) is 0 Å². The standard InChI is InChI=1S/C15H18N2O3/c18-9-11-2-4-14(15(7-11)17(19)20)16-8-13-6-10-1-3-12(13)5-10/h2,4,7,9-10,12-13,16H,1,3,5-6,8H2. The molecule has 0 radical (unpaired) electrons. The third-order valence-electron chi connectivity index (χ3n) is 4.79. The fraction of sp³-hybridized carbons (Fsp3) is 0.533. The van der Waals surface area contributed by atoms with Crippen LogP contribution in [0.2, 0.25) is 0 Å². The van der Waals surface area contributed by atoms with Crippen LogP contribution in [0.25, 0.3) is 0 Å². The molecule has 106 valence electrons. The molecule has 2 bridgehead atoms. The van der Waals surface area contributed by atoms with Crippen LogP contribution in [0.5, 0.6) is 0 Å². The molecule has 2 aliphatic rings. The molecule has 3 atom stereocenters. The first kappa shape index (κ1) is 13.1. The molecule has 20 heavy (non-hydrogen) atoms. The molecule has 0 saturated heterocycles. The van der Waals surface area contributed by atoms with E-state index in [0.717, 1.165) is 18.4 Å². The zero-order valence-corrected chi connectivity index (χ0v) is 11.2. The smallest absolute Gasteiger partial charge is 0.293 e. The van der Waals surface area contributed by atoms with Crippen molar-refractivity contribution < 1.29 is 9.72 Å². The normalized spacial score (nSPS) is 27.5. The number of carbonyl (C=O) groups excluding carboxylic acids is 1. The number of nitro groups is 1. The van der Waals surface area contributed by atoms with Gasteiger partial charge in [-0.3, -0.25) is 14.9 Å². The summed E-state index contributed by atoms with van der Waals surface area (Å²) in [5, 5.41) is 14.3. The van der Waals surface area contributed by atoms with Crippen molar-refractivity contribution in [3.05, 3.63) is 33.9 Å². The number of fused-ring (bicyclic) bond motifs is 2. The molecule has 3 rings (SSSR count). The summed E-state index contributed by atoms with van der Waals surface area (Å²) in [6, 6.07) is 4.58. The molecule has 5 heteroatoms. The number of rotatable bonds is 5. The fourth-order valence-corrected chi connectivity index (χ4v) is 3.79. The van der Waals surface area contributed by atoms with E-state index in [-0.39, 0.29) is 5.69 Å². The molecule has 5 nitrogen and oxygen atoms in total. The highest BCUT2D eigenvalue weighted by molar-refractivity contribution is 5.79. The number of nitro benzene ring substituents is 1. The topological polar surface area (TPSA) is 72.2 Å². The number of hydrogen-bond acceptors (Lipinski definition) is 4. The molecule has 1 aromatic carbocycles. The van der Waals surface area contributed by atoms with E-state index >= 15 is 0 Å². The number of carbonyl (C=O) groups is 1. The van der Waals surface area contributed by atoms with E-state index in [1.165, 1.54) is 31.7 Å². The van der Waals surface area contributed by atoms with Gasteiger partial charge < -0.3 is 5.32 Å². The SMILES string of the molecule is O=Cc1ccc(NCC2CC3CCC2C3)c([N+](=O)[O-])c1. The second-order valence-corrected chi connectivity index (χ2v) is 5.97. The van der Waals surface area contributed by atoms with Gasteiger partial charge in [0.25, 0.3) is 5.69 Å². The van der Waals surface area contributed by atoms with Crippen LogP contribution in [0.1, 0.15) is 36.0 Å². The maximum atomic E-state index is 11.1. The Labute approximate surface area is 117 Å². The number of hydrogen-bond donors (Lipinski definition) is 1. The van der Waals surface area contributed by atoms with Gasteiger partial charge in [-0.05, 0) is 49.1 Å². The maximum absolute atomic E-state index is 11.1. The lowest BCUT2D eigenvalue weighted by molar-refractivity contribution is -0.384. The minimum atomic E-state index is -0.434. The van der Waals surface area contributed by atoms with E-state index in [9.17, 15) is 14.9 Å². The van der Waals surface area contributed by atoms with E-state index in [1.54, 1.807) is 12.1 Å². The second kappa shape index (κ2) is 5.23. The van der Waals surface area contributed by atoms with E-state index in [4.69, 9.17) is 0 Å². The number of nitrogens with zero attached hydrogens (tertiary/aromatic N) is 1. The summed E-state index contributed by atoms with van der Waals surface area (Å²) in [5.74, 6) is 2.30. The van der Waals surface area contributed by atoms with Crippen molar-refractivity contribution in [2.75, 3.05) is 11.9 Å². The summed E-state index contributed by atoms with van der Waals surface area (Å²) in [4.78, 5) is 21.3. The van der Waals surface area contributed by atoms with Crippen molar-refractivity contribution >= 4 is 17.7 Å². The van der Waals surface area contributed by atoms with E-state index in [0.29, 0.717) is 23.5 Å². The van der Waals surface area contributed by atoms with Gasteiger partial charge >= 0.3 is 0 Å². The first-order chi connectivity index (χ1) is 9.67. The highest BCUT2D eigenvalue weighted by Gasteiger charge is 2.39. The van der Waals surface area contributed by atoms with Crippen molar-refractivity contribution in [3.8, 4) is 0 Å². The summed E-state index contributed by atoms with van der Waals surface area (Å²) < 4.78 is 0. The minimum Gasteiger partial charge on any atom is -0.379 e. The molecule has 1 N–H and O–H groups in total. The molecule has 3 unspecified atom stereocenters. The molecule has 0 amide bonds. The predicted molar refractivity (Wildman–Crippen MR) is 75.9 cm³/mol. The number of nitrogens with one attached hydrogen (secondary N) is 1. The molecule has 0 heterocycles. The first-order valence-corrected chi connectivity index (χ1v) is 7.15. The highest BCUT2D eigenvalue weighted by atomic mass is 16.6. The van der Waals surface area contributed by atoms with Gasteiger partial charge in [0.15, 0.2) is 0 Å². The summed E-state index contributed by atoms with van der Waals surface area (Å²) in [7, 11) is 0. The second-order valence-electron chi connectivity index (χ2n) is 5.97. The number of anilines is 1. The first-order valence-electron chi connectivity index (χ1n) is 7.15. The van der Waals surface area contributed by atoms with Crippen LogP contribution in [0, 0.1) is 27.9 Å². The Morgan fingerprint density at radius 3 is 2.80 bits per heavy atom. The van der Waals surface area contributed by atoms with Gasteiger partial charge in [0.2, 0.25) is 0 Å². The van der Waals surface area contributed by atoms with Crippen LogP contribution >= 0.6 is 0 Å². The monoisotopic (exact) mass is 274 g/mol. The Morgan fingerprint density at radius 1 is 1.35 bits per heavy atom. The van der Waals surface area contributed by atoms with E-state index < -0.39 is 4.92 Å². The number of benzene rings is 1. The molecule has 2 fully saturated rings. The highest BCUT2D eigenvalue weighted by Crippen LogP contribution is 2.48. The molecule has 0 spiro atoms. The zero-order chi connectivity index (χ0) is 14.1. The Hall–Kier alpha value is -1.91. The Morgan fingerprint density at radius 2 is 2.20 bits per heavy atom. The third kappa shape index (κ3) is 2.40. The quantitative estimate of drug-likeness (QED) is 0.508. The number of aldehydes is 1. The molecular weight excluding hydrogens is 256 g/mol. The molecule has 0 aliphatic heterocycles. The van der Waals surface area contributed by atoms with Gasteiger partial charge in [-0.1, -0.05) is 6.42 Å². The average molecular weight is 274 g/mol. The van der Waals surface area contributed by atoms with Gasteiger partial charge in [0, 0.05) is 18.2 Å². The summed E-state index contributed by atoms with van der Waals surface area (Å²) in [6.45, 7) is 0.794. The minimum absolute atomic E-state index is 0.0160. The van der Waals surface area contributed by atoms with Gasteiger partial charge in [-0.25, -0.2) is 0 Å². The average Bonchev–Trinajstić information content (AvgIpc) is 3.07. The van der Waals surface area contributed by atoms with Gasteiger partial charge in [-0.2, -0.15) is 0 Å². The van der Waals surface area contributed by atoms with E-state index in [1.807, 2.05) is 0 Å². The van der Waals surface area contributed by atoms with Crippen LogP contribution in [-0.2, 0) is 0 Å². The van der Waals surface area contributed by atoms with Gasteiger partial charge in [0.1, 0.15) is 12.0 Å². The third-order valence-corrected chi connectivity index (χ3v) is 4.79. The van der Waals surface area contributed by atoms with Crippen molar-refractivity contribution in [2.45, 2.75) is 25.7 Å². The molecule has 2 aliphatic carbocycles. The Kier molecular flexibility index (Phi) is 3.42. The Balaban J connectivity index is 1.70. The van der Waals surface area contributed by atoms with Crippen LogP contribution in [0.15, 0.2) is 18.2 Å². The lowest BCUT2D eigenvalue weighted by atomic mass is 9.89. The molecular formula is C15H18N2O3. The van der Waals surface area contributed by atoms with Gasteiger partial charge in [-0.15, -0.1) is 0 Å². The Bertz CT molecular complexity index is 544. The lowest BCUT2D eigenvalue weighted by Crippen LogP contribution is -2.20. The van der Waals surface area contributed by atoms with Crippen LogP contribution in [-0.4, -0.2) is 17.8 Å². The van der Waals surface area contributed by atoms with Crippen molar-refractivity contribution in [1.29, 1.82) is 0 Å². The van der Waals surface area contributed by atoms with Crippen LogP contribution in [0.4, 0.5) is 11.4 Å². The largest absolute Gasteiger partial charge is 0.379 e. The molecule has 1 aromatic rings. The summed E-state index contributed by atoms with van der Waals surface area (Å²) in [6.07, 6.45) is 5.88. The van der Waals surface area contributed by atoms with E-state index in [2.05, 4.69) is 5.32 Å². The lowest BCUT2D eigenvalue weighted by Gasteiger charge is -2.22. The van der Waals surface area contributed by atoms with Crippen LogP contribution < -0.4 is 5.32 Å². The van der Waals surface area contributed by atoms with Crippen molar-refractivity contribution in [3.63, 3.8) is 0 Å². The summed E-state index contributed by atoms with van der Waals surface area (Å²) in [5.41, 5.74) is 0.836. The maximum Gasteiger partial charge on any atom is 0.293 e. The van der Waals surface area contributed by atoms with Gasteiger partial charge in [0.05, 0.1) is 4.92 Å².